The summed E-state index contributed by atoms with van der Waals surface area (Å²) in [7, 11) is 1.29. The molecule has 7 nitrogen and oxygen atoms in total. The zero-order valence-corrected chi connectivity index (χ0v) is 13.1. The lowest BCUT2D eigenvalue weighted by molar-refractivity contribution is -0.134. The lowest BCUT2D eigenvalue weighted by Gasteiger charge is -2.06. The van der Waals surface area contributed by atoms with Gasteiger partial charge in [-0.25, -0.2) is 4.79 Å². The first-order chi connectivity index (χ1) is 11.6. The zero-order valence-electron chi connectivity index (χ0n) is 13.1. The Hall–Kier alpha value is -3.09. The Kier molecular flexibility index (Phi) is 6.13. The van der Waals surface area contributed by atoms with Gasteiger partial charge in [0, 0.05) is 13.0 Å². The normalized spacial score (nSPS) is 10.0. The maximum Gasteiger partial charge on any atom is 0.337 e. The minimum absolute atomic E-state index is 0.150. The standard InChI is InChI=1S/C17H17NO6/c1-22-17(21)12-6-8-13(9-7-12)24-15(19)5-2-10-18-16(20)14-4-3-11-23-14/h3-4,6-9,11H,2,5,10H2,1H3,(H,18,20). The molecule has 0 radical (unpaired) electrons. The quantitative estimate of drug-likeness (QED) is 0.475. The van der Waals surface area contributed by atoms with Crippen LogP contribution in [0.25, 0.3) is 0 Å². The third-order valence-electron chi connectivity index (χ3n) is 3.10. The Labute approximate surface area is 138 Å². The molecule has 0 fully saturated rings. The summed E-state index contributed by atoms with van der Waals surface area (Å²) in [6, 6.07) is 9.24. The van der Waals surface area contributed by atoms with E-state index in [1.165, 1.54) is 37.6 Å². The lowest BCUT2D eigenvalue weighted by atomic mass is 10.2. The molecule has 0 aliphatic carbocycles. The number of esters is 2. The summed E-state index contributed by atoms with van der Waals surface area (Å²) in [5.74, 6) is -0.643. The first-order valence-electron chi connectivity index (χ1n) is 7.31. The van der Waals surface area contributed by atoms with Gasteiger partial charge >= 0.3 is 11.9 Å². The predicted molar refractivity (Wildman–Crippen MR) is 83.7 cm³/mol. The third-order valence-corrected chi connectivity index (χ3v) is 3.10. The monoisotopic (exact) mass is 331 g/mol. The summed E-state index contributed by atoms with van der Waals surface area (Å²) in [6.07, 6.45) is 2.00. The summed E-state index contributed by atoms with van der Waals surface area (Å²) >= 11 is 0. The number of carbonyl (C=O) groups excluding carboxylic acids is 3. The molecule has 126 valence electrons. The second kappa shape index (κ2) is 8.52. The summed E-state index contributed by atoms with van der Waals surface area (Å²) in [6.45, 7) is 0.329. The van der Waals surface area contributed by atoms with Crippen LogP contribution in [0, 0.1) is 0 Å². The van der Waals surface area contributed by atoms with Crippen molar-refractivity contribution < 1.29 is 28.3 Å². The largest absolute Gasteiger partial charge is 0.465 e. The second-order valence-electron chi connectivity index (χ2n) is 4.83. The maximum absolute atomic E-state index is 11.7. The fourth-order valence-electron chi connectivity index (χ4n) is 1.89. The summed E-state index contributed by atoms with van der Waals surface area (Å²) < 4.78 is 14.7. The van der Waals surface area contributed by atoms with Crippen molar-refractivity contribution in [2.75, 3.05) is 13.7 Å². The van der Waals surface area contributed by atoms with E-state index in [1.54, 1.807) is 12.1 Å². The number of amides is 1. The average Bonchev–Trinajstić information content (AvgIpc) is 3.13. The molecule has 0 atom stereocenters. The summed E-state index contributed by atoms with van der Waals surface area (Å²) in [5.41, 5.74) is 0.373. The van der Waals surface area contributed by atoms with Crippen molar-refractivity contribution in [1.82, 2.24) is 5.32 Å². The molecule has 7 heteroatoms. The summed E-state index contributed by atoms with van der Waals surface area (Å²) in [5, 5.41) is 2.64. The van der Waals surface area contributed by atoms with Gasteiger partial charge in [-0.15, -0.1) is 0 Å². The number of carbonyl (C=O) groups is 3. The number of benzene rings is 1. The van der Waals surface area contributed by atoms with Crippen molar-refractivity contribution in [2.24, 2.45) is 0 Å². The summed E-state index contributed by atoms with van der Waals surface area (Å²) in [4.78, 5) is 34.6. The van der Waals surface area contributed by atoms with E-state index in [0.717, 1.165) is 0 Å². The highest BCUT2D eigenvalue weighted by atomic mass is 16.5. The first kappa shape index (κ1) is 17.3. The Morgan fingerprint density at radius 3 is 2.50 bits per heavy atom. The molecular formula is C17H17NO6. The molecule has 1 aromatic carbocycles. The van der Waals surface area contributed by atoms with Crippen LogP contribution in [-0.2, 0) is 9.53 Å². The van der Waals surface area contributed by atoms with Crippen molar-refractivity contribution in [3.05, 3.63) is 54.0 Å². The third kappa shape index (κ3) is 4.98. The average molecular weight is 331 g/mol. The molecule has 2 aromatic rings. The van der Waals surface area contributed by atoms with E-state index in [-0.39, 0.29) is 18.1 Å². The van der Waals surface area contributed by atoms with E-state index >= 15 is 0 Å². The van der Waals surface area contributed by atoms with Gasteiger partial charge in [-0.05, 0) is 42.8 Å². The van der Waals surface area contributed by atoms with Gasteiger partial charge in [0.25, 0.3) is 5.91 Å². The Morgan fingerprint density at radius 1 is 1.12 bits per heavy atom. The molecule has 0 unspecified atom stereocenters. The minimum Gasteiger partial charge on any atom is -0.465 e. The number of furan rings is 1. The van der Waals surface area contributed by atoms with Crippen LogP contribution in [-0.4, -0.2) is 31.5 Å². The molecule has 0 saturated carbocycles. The molecule has 1 aromatic heterocycles. The SMILES string of the molecule is COC(=O)c1ccc(OC(=O)CCCNC(=O)c2ccco2)cc1. The second-order valence-corrected chi connectivity index (χ2v) is 4.83. The molecule has 24 heavy (non-hydrogen) atoms. The van der Waals surface area contributed by atoms with E-state index in [9.17, 15) is 14.4 Å². The first-order valence-corrected chi connectivity index (χ1v) is 7.31. The lowest BCUT2D eigenvalue weighted by Crippen LogP contribution is -2.24. The van der Waals surface area contributed by atoms with Crippen molar-refractivity contribution in [2.45, 2.75) is 12.8 Å². The van der Waals surface area contributed by atoms with Gasteiger partial charge in [0.1, 0.15) is 5.75 Å². The Balaban J connectivity index is 1.69. The molecule has 0 saturated heterocycles. The molecule has 1 N–H and O–H groups in total. The van der Waals surface area contributed by atoms with Gasteiger partial charge in [0.05, 0.1) is 18.9 Å². The fraction of sp³-hybridized carbons (Fsp3) is 0.235. The Bertz CT molecular complexity index is 690. The molecule has 0 bridgehead atoms. The number of hydrogen-bond donors (Lipinski definition) is 1. The van der Waals surface area contributed by atoms with Crippen molar-refractivity contribution in [1.29, 1.82) is 0 Å². The molecule has 0 aliphatic heterocycles. The van der Waals surface area contributed by atoms with Gasteiger partial charge in [0.15, 0.2) is 5.76 Å². The Morgan fingerprint density at radius 2 is 1.88 bits per heavy atom. The van der Waals surface area contributed by atoms with Crippen LogP contribution in [0.15, 0.2) is 47.1 Å². The van der Waals surface area contributed by atoms with E-state index in [2.05, 4.69) is 10.1 Å². The highest BCUT2D eigenvalue weighted by Crippen LogP contribution is 2.13. The van der Waals surface area contributed by atoms with Gasteiger partial charge < -0.3 is 19.2 Å². The number of ether oxygens (including phenoxy) is 2. The number of nitrogens with one attached hydrogen (secondary N) is 1. The highest BCUT2D eigenvalue weighted by molar-refractivity contribution is 5.91. The van der Waals surface area contributed by atoms with Crippen molar-refractivity contribution in [3.63, 3.8) is 0 Å². The van der Waals surface area contributed by atoms with Gasteiger partial charge in [-0.3, -0.25) is 9.59 Å². The highest BCUT2D eigenvalue weighted by Gasteiger charge is 2.10. The molecule has 1 amide bonds. The van der Waals surface area contributed by atoms with Crippen LogP contribution in [0.4, 0.5) is 0 Å². The zero-order chi connectivity index (χ0) is 17.4. The van der Waals surface area contributed by atoms with Crippen LogP contribution in [0.5, 0.6) is 5.75 Å². The minimum atomic E-state index is -0.458. The van der Waals surface area contributed by atoms with E-state index < -0.39 is 11.9 Å². The molecule has 0 spiro atoms. The van der Waals surface area contributed by atoms with Gasteiger partial charge in [-0.1, -0.05) is 0 Å². The molecule has 0 aliphatic rings. The molecule has 2 rings (SSSR count). The van der Waals surface area contributed by atoms with E-state index in [0.29, 0.717) is 24.3 Å². The van der Waals surface area contributed by atoms with Crippen molar-refractivity contribution >= 4 is 17.8 Å². The molecular weight excluding hydrogens is 314 g/mol. The number of methoxy groups -OCH3 is 1. The van der Waals surface area contributed by atoms with Crippen LogP contribution < -0.4 is 10.1 Å². The maximum atomic E-state index is 11.7. The topological polar surface area (TPSA) is 94.8 Å². The van der Waals surface area contributed by atoms with Crippen LogP contribution in [0.2, 0.25) is 0 Å². The predicted octanol–water partition coefficient (Wildman–Crippen LogP) is 2.18. The van der Waals surface area contributed by atoms with E-state index in [4.69, 9.17) is 9.15 Å². The smallest absolute Gasteiger partial charge is 0.337 e. The molecule has 1 heterocycles. The van der Waals surface area contributed by atoms with Gasteiger partial charge in [-0.2, -0.15) is 0 Å². The van der Waals surface area contributed by atoms with E-state index in [1.807, 2.05) is 0 Å². The fourth-order valence-corrected chi connectivity index (χ4v) is 1.89. The number of hydrogen-bond acceptors (Lipinski definition) is 6. The van der Waals surface area contributed by atoms with Gasteiger partial charge in [0.2, 0.25) is 0 Å². The van der Waals surface area contributed by atoms with Crippen LogP contribution in [0.1, 0.15) is 33.8 Å². The number of rotatable bonds is 7. The van der Waals surface area contributed by atoms with Crippen LogP contribution >= 0.6 is 0 Å². The van der Waals surface area contributed by atoms with Crippen molar-refractivity contribution in [3.8, 4) is 5.75 Å². The van der Waals surface area contributed by atoms with Crippen LogP contribution in [0.3, 0.4) is 0 Å².